The quantitative estimate of drug-likeness (QED) is 0.644. The second-order valence-electron chi connectivity index (χ2n) is 8.19. The molecule has 1 aromatic carbocycles. The van der Waals surface area contributed by atoms with Crippen molar-refractivity contribution in [3.8, 4) is 5.69 Å². The number of aliphatic hydroxyl groups is 1. The molecule has 1 fully saturated rings. The average molecular weight is 413 g/mol. The molecule has 0 aliphatic carbocycles. The maximum atomic E-state index is 14.3. The van der Waals surface area contributed by atoms with E-state index < -0.39 is 0 Å². The standard InChI is InChI=1S/C22H29FN6O/c1-16(2)28(11-12-30)14-17-7-9-27(10-8-17)21-18-13-26-29(22(18)25-15-24-21)20-6-4-3-5-19(20)23/h3-6,13,15-17,30H,7-12,14H2,1-2H3. The van der Waals surface area contributed by atoms with Crippen LogP contribution in [0.15, 0.2) is 36.8 Å². The number of piperidine rings is 1. The molecule has 0 bridgehead atoms. The lowest BCUT2D eigenvalue weighted by molar-refractivity contribution is 0.137. The van der Waals surface area contributed by atoms with Gasteiger partial charge in [0.25, 0.3) is 0 Å². The molecule has 1 saturated heterocycles. The summed E-state index contributed by atoms with van der Waals surface area (Å²) in [7, 11) is 0. The van der Waals surface area contributed by atoms with E-state index in [-0.39, 0.29) is 12.4 Å². The van der Waals surface area contributed by atoms with E-state index in [1.807, 2.05) is 0 Å². The molecule has 0 saturated carbocycles. The van der Waals surface area contributed by atoms with Crippen LogP contribution in [-0.4, -0.2) is 68.6 Å². The first kappa shape index (κ1) is 20.7. The molecule has 1 aliphatic rings. The minimum atomic E-state index is -0.332. The molecule has 7 nitrogen and oxygen atoms in total. The predicted octanol–water partition coefficient (Wildman–Crippen LogP) is 2.87. The highest BCUT2D eigenvalue weighted by molar-refractivity contribution is 5.87. The fourth-order valence-corrected chi connectivity index (χ4v) is 4.23. The zero-order valence-corrected chi connectivity index (χ0v) is 17.6. The van der Waals surface area contributed by atoms with Gasteiger partial charge < -0.3 is 10.0 Å². The highest BCUT2D eigenvalue weighted by Crippen LogP contribution is 2.29. The van der Waals surface area contributed by atoms with Crippen molar-refractivity contribution < 1.29 is 9.50 Å². The van der Waals surface area contributed by atoms with Gasteiger partial charge in [-0.15, -0.1) is 0 Å². The third-order valence-corrected chi connectivity index (χ3v) is 5.95. The van der Waals surface area contributed by atoms with E-state index in [4.69, 9.17) is 0 Å². The molecule has 3 aromatic rings. The summed E-state index contributed by atoms with van der Waals surface area (Å²) < 4.78 is 15.8. The summed E-state index contributed by atoms with van der Waals surface area (Å²) >= 11 is 0. The van der Waals surface area contributed by atoms with Crippen LogP contribution >= 0.6 is 0 Å². The van der Waals surface area contributed by atoms with Crippen LogP contribution in [0.3, 0.4) is 0 Å². The number of fused-ring (bicyclic) bond motifs is 1. The largest absolute Gasteiger partial charge is 0.395 e. The van der Waals surface area contributed by atoms with E-state index in [2.05, 4.69) is 38.7 Å². The van der Waals surface area contributed by atoms with Crippen molar-refractivity contribution in [1.82, 2.24) is 24.6 Å². The van der Waals surface area contributed by atoms with Gasteiger partial charge >= 0.3 is 0 Å². The summed E-state index contributed by atoms with van der Waals surface area (Å²) in [5.41, 5.74) is 0.995. The Hall–Kier alpha value is -2.58. The molecular formula is C22H29FN6O. The van der Waals surface area contributed by atoms with Crippen LogP contribution in [-0.2, 0) is 0 Å². The fourth-order valence-electron chi connectivity index (χ4n) is 4.23. The van der Waals surface area contributed by atoms with Gasteiger partial charge in [-0.05, 0) is 44.7 Å². The Morgan fingerprint density at radius 3 is 2.67 bits per heavy atom. The first-order valence-electron chi connectivity index (χ1n) is 10.6. The Bertz CT molecular complexity index is 983. The number of para-hydroxylation sites is 1. The minimum Gasteiger partial charge on any atom is -0.395 e. The topological polar surface area (TPSA) is 70.3 Å². The van der Waals surface area contributed by atoms with Crippen LogP contribution in [0.25, 0.3) is 16.7 Å². The minimum absolute atomic E-state index is 0.196. The van der Waals surface area contributed by atoms with Crippen LogP contribution in [0.5, 0.6) is 0 Å². The van der Waals surface area contributed by atoms with Gasteiger partial charge in [-0.3, -0.25) is 4.90 Å². The van der Waals surface area contributed by atoms with Crippen molar-refractivity contribution in [3.63, 3.8) is 0 Å². The fraction of sp³-hybridized carbons (Fsp3) is 0.500. The van der Waals surface area contributed by atoms with Gasteiger partial charge in [0.05, 0.1) is 18.2 Å². The lowest BCUT2D eigenvalue weighted by Crippen LogP contribution is -2.42. The van der Waals surface area contributed by atoms with Crippen LogP contribution < -0.4 is 4.90 Å². The molecule has 0 atom stereocenters. The van der Waals surface area contributed by atoms with E-state index in [0.717, 1.165) is 50.2 Å². The number of hydrogen-bond acceptors (Lipinski definition) is 6. The second kappa shape index (κ2) is 9.06. The van der Waals surface area contributed by atoms with Crippen molar-refractivity contribution in [3.05, 3.63) is 42.6 Å². The van der Waals surface area contributed by atoms with Gasteiger partial charge in [0.1, 0.15) is 23.6 Å². The normalized spacial score (nSPS) is 15.6. The maximum Gasteiger partial charge on any atom is 0.168 e. The molecular weight excluding hydrogens is 383 g/mol. The molecule has 3 heterocycles. The van der Waals surface area contributed by atoms with Crippen molar-refractivity contribution in [2.45, 2.75) is 32.7 Å². The number of rotatable bonds is 7. The highest BCUT2D eigenvalue weighted by Gasteiger charge is 2.25. The van der Waals surface area contributed by atoms with Gasteiger partial charge in [-0.2, -0.15) is 5.10 Å². The summed E-state index contributed by atoms with van der Waals surface area (Å²) in [6, 6.07) is 7.00. The summed E-state index contributed by atoms with van der Waals surface area (Å²) in [4.78, 5) is 13.5. The van der Waals surface area contributed by atoms with E-state index >= 15 is 0 Å². The Morgan fingerprint density at radius 1 is 1.20 bits per heavy atom. The molecule has 2 aromatic heterocycles. The smallest absolute Gasteiger partial charge is 0.168 e. The Labute approximate surface area is 176 Å². The number of nitrogens with zero attached hydrogens (tertiary/aromatic N) is 6. The van der Waals surface area contributed by atoms with Crippen LogP contribution in [0, 0.1) is 11.7 Å². The Kier molecular flexibility index (Phi) is 6.24. The summed E-state index contributed by atoms with van der Waals surface area (Å²) in [5, 5.41) is 14.5. The number of benzene rings is 1. The lowest BCUT2D eigenvalue weighted by atomic mass is 9.95. The first-order chi connectivity index (χ1) is 14.6. The second-order valence-corrected chi connectivity index (χ2v) is 8.19. The zero-order chi connectivity index (χ0) is 21.1. The van der Waals surface area contributed by atoms with E-state index in [9.17, 15) is 9.50 Å². The lowest BCUT2D eigenvalue weighted by Gasteiger charge is -2.36. The van der Waals surface area contributed by atoms with Crippen LogP contribution in [0.1, 0.15) is 26.7 Å². The van der Waals surface area contributed by atoms with Gasteiger partial charge in [0.2, 0.25) is 0 Å². The molecule has 4 rings (SSSR count). The third-order valence-electron chi connectivity index (χ3n) is 5.95. The van der Waals surface area contributed by atoms with Crippen LogP contribution in [0.2, 0.25) is 0 Å². The number of anilines is 1. The molecule has 0 radical (unpaired) electrons. The summed E-state index contributed by atoms with van der Waals surface area (Å²) in [6.45, 7) is 8.10. The van der Waals surface area contributed by atoms with Crippen molar-refractivity contribution in [1.29, 1.82) is 0 Å². The molecule has 1 N–H and O–H groups in total. The molecule has 0 unspecified atom stereocenters. The molecule has 160 valence electrons. The summed E-state index contributed by atoms with van der Waals surface area (Å²) in [6.07, 6.45) is 5.40. The monoisotopic (exact) mass is 412 g/mol. The highest BCUT2D eigenvalue weighted by atomic mass is 19.1. The predicted molar refractivity (Wildman–Crippen MR) is 115 cm³/mol. The van der Waals surface area contributed by atoms with Gasteiger partial charge in [-0.1, -0.05) is 12.1 Å². The number of aliphatic hydroxyl groups excluding tert-OH is 1. The Balaban J connectivity index is 1.51. The van der Waals surface area contributed by atoms with Crippen molar-refractivity contribution in [2.24, 2.45) is 5.92 Å². The van der Waals surface area contributed by atoms with Gasteiger partial charge in [-0.25, -0.2) is 19.0 Å². The van der Waals surface area contributed by atoms with E-state index in [1.165, 1.54) is 17.1 Å². The van der Waals surface area contributed by atoms with Crippen LogP contribution in [0.4, 0.5) is 10.2 Å². The van der Waals surface area contributed by atoms with Crippen molar-refractivity contribution >= 4 is 16.9 Å². The average Bonchev–Trinajstić information content (AvgIpc) is 3.18. The summed E-state index contributed by atoms with van der Waals surface area (Å²) in [5.74, 6) is 1.13. The van der Waals surface area contributed by atoms with Gasteiger partial charge in [0, 0.05) is 32.2 Å². The third kappa shape index (κ3) is 4.15. The number of halogens is 1. The van der Waals surface area contributed by atoms with E-state index in [1.54, 1.807) is 24.4 Å². The SMILES string of the molecule is CC(C)N(CCO)CC1CCN(c2ncnc3c2cnn3-c2ccccc2F)CC1. The molecule has 30 heavy (non-hydrogen) atoms. The first-order valence-corrected chi connectivity index (χ1v) is 10.6. The van der Waals surface area contributed by atoms with E-state index in [0.29, 0.717) is 23.3 Å². The van der Waals surface area contributed by atoms with Gasteiger partial charge in [0.15, 0.2) is 5.65 Å². The number of hydrogen-bond donors (Lipinski definition) is 1. The molecule has 0 amide bonds. The Morgan fingerprint density at radius 2 is 1.97 bits per heavy atom. The van der Waals surface area contributed by atoms with Crippen molar-refractivity contribution in [2.75, 3.05) is 37.7 Å². The molecule has 8 heteroatoms. The molecule has 0 spiro atoms. The number of aromatic nitrogens is 4. The maximum absolute atomic E-state index is 14.3. The zero-order valence-electron chi connectivity index (χ0n) is 17.6. The molecule has 1 aliphatic heterocycles.